The van der Waals surface area contributed by atoms with Crippen molar-refractivity contribution in [3.05, 3.63) is 34.3 Å². The minimum atomic E-state index is -4.86. The maximum atomic E-state index is 13.7. The van der Waals surface area contributed by atoms with Crippen LogP contribution in [0.1, 0.15) is 133 Å². The van der Waals surface area contributed by atoms with Crippen LogP contribution in [0, 0.1) is 45.3 Å². The second-order valence-corrected chi connectivity index (χ2v) is 22.9. The number of hydrogen-bond acceptors (Lipinski definition) is 13. The number of carbonyl (C=O) groups is 7. The van der Waals surface area contributed by atoms with Gasteiger partial charge in [0.2, 0.25) is 41.4 Å². The molecule has 1 fully saturated rings. The molecule has 0 saturated carbocycles. The topological polar surface area (TPSA) is 404 Å². The fraction of sp³-hybridized carbons (Fsp3) is 0.667. The highest BCUT2D eigenvalue weighted by atomic mass is 31.2. The van der Waals surface area contributed by atoms with Gasteiger partial charge in [-0.2, -0.15) is 0 Å². The molecule has 7 amide bonds. The molecule has 5 heterocycles. The number of phosphoric ester groups is 1. The summed E-state index contributed by atoms with van der Waals surface area (Å²) in [5.74, 6) is -6.85. The SMILES string of the molecule is CC1=C2N=C(C=C3N/C(=C(/C)C4=N[C@@](C)([C@@H]5N=C1[C@](C)(CCC(=O)NC[C@@H](C)OP(=O)(O)O)[C@H]5CC(N)=O)[C@@](C)(CC(N)=O)[C@@H]4CCC(N)=O)[C@@](C)(CC(N)=O)[C@@H]3CCC(N)=O)C(C)(C)[C@@H]2CCC(N)=O. The van der Waals surface area contributed by atoms with Crippen LogP contribution in [0.4, 0.5) is 0 Å². The van der Waals surface area contributed by atoms with Crippen LogP contribution >= 0.6 is 7.82 Å². The van der Waals surface area contributed by atoms with Gasteiger partial charge in [0.25, 0.3) is 0 Å². The molecule has 8 bridgehead atoms. The number of phosphoric acid groups is 1. The number of amides is 7. The molecule has 0 unspecified atom stereocenters. The highest BCUT2D eigenvalue weighted by molar-refractivity contribution is 7.46. The van der Waals surface area contributed by atoms with E-state index in [2.05, 4.69) is 10.6 Å². The average Bonchev–Trinajstić information content (AvgIpc) is 3.83. The number of carbonyl (C=O) groups excluding carboxylic acids is 7. The minimum absolute atomic E-state index is 0.0127. The maximum Gasteiger partial charge on any atom is 0.469 e. The maximum absolute atomic E-state index is 13.7. The Morgan fingerprint density at radius 1 is 0.761 bits per heavy atom. The number of aliphatic imine (C=N–C) groups is 3. The van der Waals surface area contributed by atoms with Gasteiger partial charge in [-0.3, -0.25) is 53.1 Å². The van der Waals surface area contributed by atoms with Gasteiger partial charge in [-0.05, 0) is 70.6 Å². The smallest absolute Gasteiger partial charge is 0.370 e. The molecule has 0 aromatic rings. The van der Waals surface area contributed by atoms with Crippen LogP contribution in [0.2, 0.25) is 0 Å². The molecule has 0 radical (unpaired) electrons. The normalized spacial score (nSPS) is 32.4. The number of fused-ring (bicyclic) bond motifs is 6. The molecule has 16 N–H and O–H groups in total. The predicted octanol–water partition coefficient (Wildman–Crippen LogP) is 1.85. The van der Waals surface area contributed by atoms with Gasteiger partial charge in [-0.1, -0.05) is 34.6 Å². The number of allylic oxidation sites excluding steroid dienone is 6. The van der Waals surface area contributed by atoms with E-state index in [1.54, 1.807) is 0 Å². The van der Waals surface area contributed by atoms with E-state index >= 15 is 0 Å². The lowest BCUT2D eigenvalue weighted by Crippen LogP contribution is -2.56. The summed E-state index contributed by atoms with van der Waals surface area (Å²) in [6, 6.07) is -0.987. The van der Waals surface area contributed by atoms with Crippen LogP contribution in [0.25, 0.3) is 0 Å². The summed E-state index contributed by atoms with van der Waals surface area (Å²) in [5, 5.41) is 6.31. The van der Waals surface area contributed by atoms with E-state index in [4.69, 9.17) is 53.9 Å². The fourth-order valence-electron chi connectivity index (χ4n) is 12.6. The first-order valence-corrected chi connectivity index (χ1v) is 25.5. The highest BCUT2D eigenvalue weighted by Gasteiger charge is 2.66. The Morgan fingerprint density at radius 2 is 1.31 bits per heavy atom. The summed E-state index contributed by atoms with van der Waals surface area (Å²) in [6.07, 6.45) is 0.315. The largest absolute Gasteiger partial charge is 0.469 e. The third-order valence-corrected chi connectivity index (χ3v) is 17.0. The van der Waals surface area contributed by atoms with Gasteiger partial charge in [-0.25, -0.2) is 4.57 Å². The van der Waals surface area contributed by atoms with Crippen molar-refractivity contribution in [1.29, 1.82) is 0 Å². The lowest BCUT2D eigenvalue weighted by Gasteiger charge is -2.48. The van der Waals surface area contributed by atoms with E-state index in [0.717, 1.165) is 0 Å². The zero-order valence-corrected chi connectivity index (χ0v) is 43.2. The van der Waals surface area contributed by atoms with Gasteiger partial charge in [0.15, 0.2) is 0 Å². The van der Waals surface area contributed by atoms with Crippen LogP contribution in [0.3, 0.4) is 0 Å². The van der Waals surface area contributed by atoms with Gasteiger partial charge in [0, 0.05) is 131 Å². The molecule has 10 atom stereocenters. The van der Waals surface area contributed by atoms with Gasteiger partial charge in [-0.15, -0.1) is 0 Å². The molecule has 0 aliphatic carbocycles. The predicted molar refractivity (Wildman–Crippen MR) is 265 cm³/mol. The monoisotopic (exact) mass is 1010 g/mol. The second-order valence-electron chi connectivity index (χ2n) is 21.7. The summed E-state index contributed by atoms with van der Waals surface area (Å²) < 4.78 is 16.2. The minimum Gasteiger partial charge on any atom is -0.370 e. The number of rotatable bonds is 22. The van der Waals surface area contributed by atoms with Gasteiger partial charge in [0.1, 0.15) is 0 Å². The van der Waals surface area contributed by atoms with Crippen LogP contribution in [-0.2, 0) is 42.7 Å². The van der Waals surface area contributed by atoms with Crippen molar-refractivity contribution in [3.63, 3.8) is 0 Å². The summed E-state index contributed by atoms with van der Waals surface area (Å²) in [4.78, 5) is 127. The lowest BCUT2D eigenvalue weighted by atomic mass is 9.55. The molecule has 71 heavy (non-hydrogen) atoms. The molecule has 0 aromatic carbocycles. The van der Waals surface area contributed by atoms with E-state index in [1.165, 1.54) is 6.92 Å². The molecule has 1 saturated heterocycles. The van der Waals surface area contributed by atoms with Crippen molar-refractivity contribution in [1.82, 2.24) is 10.6 Å². The molecular weight excluding hydrogens is 938 g/mol. The van der Waals surface area contributed by atoms with Crippen LogP contribution in [-0.4, -0.2) is 92.5 Å². The van der Waals surface area contributed by atoms with E-state index in [-0.39, 0.29) is 77.2 Å². The molecular formula is C48H74N11O11P. The van der Waals surface area contributed by atoms with E-state index in [0.29, 0.717) is 45.4 Å². The van der Waals surface area contributed by atoms with E-state index in [1.807, 2.05) is 61.5 Å². The first-order valence-electron chi connectivity index (χ1n) is 24.0. The fourth-order valence-corrected chi connectivity index (χ4v) is 13.1. The van der Waals surface area contributed by atoms with Crippen molar-refractivity contribution in [2.75, 3.05) is 6.54 Å². The van der Waals surface area contributed by atoms with Gasteiger partial charge >= 0.3 is 7.82 Å². The highest BCUT2D eigenvalue weighted by Crippen LogP contribution is 2.62. The van der Waals surface area contributed by atoms with Crippen molar-refractivity contribution >= 4 is 66.3 Å². The summed E-state index contributed by atoms with van der Waals surface area (Å²) >= 11 is 0. The molecule has 5 aliphatic rings. The molecule has 5 aliphatic heterocycles. The van der Waals surface area contributed by atoms with Crippen LogP contribution < -0.4 is 45.0 Å². The van der Waals surface area contributed by atoms with E-state index in [9.17, 15) is 47.9 Å². The Morgan fingerprint density at radius 3 is 1.83 bits per heavy atom. The average molecular weight is 1010 g/mol. The molecule has 0 aromatic heterocycles. The molecule has 0 spiro atoms. The summed E-state index contributed by atoms with van der Waals surface area (Å²) in [6.45, 7) is 16.2. The van der Waals surface area contributed by atoms with Crippen LogP contribution in [0.15, 0.2) is 49.3 Å². The Balaban J connectivity index is 1.94. The summed E-state index contributed by atoms with van der Waals surface area (Å²) in [5.41, 5.74) is 34.2. The van der Waals surface area contributed by atoms with Gasteiger partial charge in [0.05, 0.1) is 17.7 Å². The third-order valence-electron chi connectivity index (χ3n) is 16.4. The Hall–Kier alpha value is -5.57. The number of primary amides is 6. The second kappa shape index (κ2) is 20.5. The first kappa shape index (κ1) is 56.3. The van der Waals surface area contributed by atoms with Crippen molar-refractivity contribution in [3.8, 4) is 0 Å². The number of nitrogens with two attached hydrogens (primary N) is 6. The quantitative estimate of drug-likeness (QED) is 0.0695. The zero-order valence-electron chi connectivity index (χ0n) is 42.3. The van der Waals surface area contributed by atoms with Crippen molar-refractivity contribution in [2.24, 2.45) is 94.7 Å². The number of nitrogens with zero attached hydrogens (tertiary/aromatic N) is 3. The summed E-state index contributed by atoms with van der Waals surface area (Å²) in [7, 11) is -4.86. The number of hydrogen-bond donors (Lipinski definition) is 10. The lowest BCUT2D eigenvalue weighted by molar-refractivity contribution is -0.124. The number of nitrogens with one attached hydrogen (secondary N) is 2. The first-order chi connectivity index (χ1) is 32.6. The molecule has 22 nitrogen and oxygen atoms in total. The third kappa shape index (κ3) is 11.2. The molecule has 5 rings (SSSR count). The standard InChI is InChI=1S/C48H74N11O11P/c1-23(70-71(67,68)69)22-55-38(66)16-17-45(6)29(18-35(52)63)43-48(9)47(8,21-37(54)65)28(12-15-34(51)62)40(59-48)25(3)42-46(7,20-36(53)64)26(10-13-32(49)60)30(56-42)19-31-44(4,5)27(11-14-33(50)61)39(57-31)24(2)41(45)58-43/h19,23,26-29,43,56H,10-18,20-22H2,1-9H3,(H2,49,60)(H2,50,61)(H2,51,62)(H2,52,63)(H2,53,64)(H2,54,65)(H,55,66)(H2,67,68,69)/b30-19?,39-24?,42-25-/t23-,26-,27-,28-,29+,43-,45-,46+,47+,48+/m1/s1. The van der Waals surface area contributed by atoms with Crippen molar-refractivity contribution < 1.29 is 52.4 Å². The Bertz CT molecular complexity index is 2510. The molecule has 392 valence electrons. The van der Waals surface area contributed by atoms with E-state index < -0.39 is 112 Å². The van der Waals surface area contributed by atoms with Crippen LogP contribution in [0.5, 0.6) is 0 Å². The zero-order chi connectivity index (χ0) is 53.6. The Kier molecular flexibility index (Phi) is 16.3. The Labute approximate surface area is 414 Å². The van der Waals surface area contributed by atoms with Crippen molar-refractivity contribution in [2.45, 2.75) is 151 Å². The molecule has 23 heteroatoms. The van der Waals surface area contributed by atoms with Gasteiger partial charge < -0.3 is 54.8 Å².